The van der Waals surface area contributed by atoms with Gasteiger partial charge in [-0.25, -0.2) is 0 Å². The van der Waals surface area contributed by atoms with Gasteiger partial charge in [0, 0.05) is 5.69 Å². The van der Waals surface area contributed by atoms with Gasteiger partial charge in [0.2, 0.25) is 0 Å². The van der Waals surface area contributed by atoms with Crippen LogP contribution in [0.15, 0.2) is 47.5 Å². The smallest absolute Gasteiger partial charge is 0.196 e. The van der Waals surface area contributed by atoms with Gasteiger partial charge in [-0.05, 0) is 42.3 Å². The van der Waals surface area contributed by atoms with Gasteiger partial charge in [0.25, 0.3) is 0 Å². The van der Waals surface area contributed by atoms with E-state index in [-0.39, 0.29) is 6.04 Å². The number of guanidine groups is 1. The Hall–Kier alpha value is -1.71. The predicted molar refractivity (Wildman–Crippen MR) is 89.4 cm³/mol. The van der Waals surface area contributed by atoms with Crippen molar-refractivity contribution in [3.63, 3.8) is 0 Å². The molecule has 21 heavy (non-hydrogen) atoms. The van der Waals surface area contributed by atoms with Gasteiger partial charge >= 0.3 is 0 Å². The molecule has 3 nitrogen and oxygen atoms in total. The number of rotatable bonds is 2. The quantitative estimate of drug-likeness (QED) is 0.902. The van der Waals surface area contributed by atoms with Crippen LogP contribution in [0.4, 0.5) is 5.69 Å². The molecule has 2 N–H and O–H groups in total. The lowest BCUT2D eigenvalue weighted by Crippen LogP contribution is -2.36. The first-order valence-corrected chi connectivity index (χ1v) is 7.42. The number of hydrogen-bond donors (Lipinski definition) is 1. The molecule has 0 amide bonds. The van der Waals surface area contributed by atoms with Crippen molar-refractivity contribution in [2.24, 2.45) is 10.7 Å². The highest BCUT2D eigenvalue weighted by Crippen LogP contribution is 2.34. The first-order valence-electron chi connectivity index (χ1n) is 6.67. The van der Waals surface area contributed by atoms with Gasteiger partial charge in [0.05, 0.1) is 22.6 Å². The van der Waals surface area contributed by atoms with E-state index in [9.17, 15) is 0 Å². The first kappa shape index (κ1) is 14.2. The largest absolute Gasteiger partial charge is 0.369 e. The number of aliphatic imine (C=N–C) groups is 1. The summed E-state index contributed by atoms with van der Waals surface area (Å²) in [5.74, 6) is 0.525. The molecule has 1 unspecified atom stereocenters. The second-order valence-electron chi connectivity index (χ2n) is 5.10. The van der Waals surface area contributed by atoms with E-state index in [0.29, 0.717) is 22.5 Å². The van der Waals surface area contributed by atoms with Crippen molar-refractivity contribution in [2.45, 2.75) is 13.0 Å². The lowest BCUT2D eigenvalue weighted by Gasteiger charge is -2.27. The van der Waals surface area contributed by atoms with Crippen molar-refractivity contribution in [3.05, 3.63) is 63.6 Å². The Kier molecular flexibility index (Phi) is 3.79. The van der Waals surface area contributed by atoms with Crippen LogP contribution in [0.5, 0.6) is 0 Å². The Balaban J connectivity index is 2.00. The molecular formula is C16H15Cl2N3. The summed E-state index contributed by atoms with van der Waals surface area (Å²) < 4.78 is 0. The molecule has 0 bridgehead atoms. The Labute approximate surface area is 134 Å². The Bertz CT molecular complexity index is 712. The second-order valence-corrected chi connectivity index (χ2v) is 5.91. The molecule has 5 heteroatoms. The first-order chi connectivity index (χ1) is 10.1. The van der Waals surface area contributed by atoms with E-state index in [1.807, 2.05) is 35.2 Å². The minimum absolute atomic E-state index is 0.0431. The fourth-order valence-electron chi connectivity index (χ4n) is 2.56. The molecule has 2 aromatic carbocycles. The van der Waals surface area contributed by atoms with Crippen LogP contribution in [0.3, 0.4) is 0 Å². The van der Waals surface area contributed by atoms with Crippen molar-refractivity contribution < 1.29 is 0 Å². The molecule has 0 aliphatic carbocycles. The van der Waals surface area contributed by atoms with Gasteiger partial charge in [-0.1, -0.05) is 41.4 Å². The SMILES string of the molecule is Cc1cccc(N2C(N)=NCC2c2ccc(Cl)c(Cl)c2)c1. The summed E-state index contributed by atoms with van der Waals surface area (Å²) in [4.78, 5) is 6.41. The summed E-state index contributed by atoms with van der Waals surface area (Å²) >= 11 is 12.1. The maximum absolute atomic E-state index is 6.13. The fraction of sp³-hybridized carbons (Fsp3) is 0.188. The zero-order valence-corrected chi connectivity index (χ0v) is 13.1. The van der Waals surface area contributed by atoms with E-state index in [1.54, 1.807) is 0 Å². The molecule has 3 rings (SSSR count). The maximum atomic E-state index is 6.13. The van der Waals surface area contributed by atoms with Crippen molar-refractivity contribution in [2.75, 3.05) is 11.4 Å². The van der Waals surface area contributed by atoms with Crippen molar-refractivity contribution in [3.8, 4) is 0 Å². The van der Waals surface area contributed by atoms with Crippen LogP contribution in [0, 0.1) is 6.92 Å². The molecule has 0 radical (unpaired) electrons. The van der Waals surface area contributed by atoms with Crippen molar-refractivity contribution in [1.82, 2.24) is 0 Å². The summed E-state index contributed by atoms with van der Waals surface area (Å²) in [6, 6.07) is 13.9. The molecule has 0 aromatic heterocycles. The average molecular weight is 320 g/mol. The van der Waals surface area contributed by atoms with Crippen LogP contribution in [0.1, 0.15) is 17.2 Å². The van der Waals surface area contributed by atoms with Gasteiger partial charge in [-0.3, -0.25) is 4.99 Å². The van der Waals surface area contributed by atoms with E-state index >= 15 is 0 Å². The number of nitrogens with two attached hydrogens (primary N) is 1. The summed E-state index contributed by atoms with van der Waals surface area (Å²) in [5, 5.41) is 1.10. The summed E-state index contributed by atoms with van der Waals surface area (Å²) in [6.45, 7) is 2.67. The Morgan fingerprint density at radius 1 is 1.14 bits per heavy atom. The number of anilines is 1. The molecule has 1 heterocycles. The standard InChI is InChI=1S/C16H15Cl2N3/c1-10-3-2-4-12(7-10)21-15(9-20-16(21)19)11-5-6-13(17)14(18)8-11/h2-8,15H,9H2,1H3,(H2,19,20). The molecule has 0 saturated carbocycles. The molecular weight excluding hydrogens is 305 g/mol. The predicted octanol–water partition coefficient (Wildman–Crippen LogP) is 4.18. The van der Waals surface area contributed by atoms with Gasteiger partial charge in [-0.2, -0.15) is 0 Å². The topological polar surface area (TPSA) is 41.6 Å². The Morgan fingerprint density at radius 3 is 2.67 bits per heavy atom. The third kappa shape index (κ3) is 2.71. The molecule has 1 aliphatic heterocycles. The van der Waals surface area contributed by atoms with E-state index in [4.69, 9.17) is 28.9 Å². The molecule has 1 aliphatic rings. The zero-order valence-electron chi connectivity index (χ0n) is 11.6. The lowest BCUT2D eigenvalue weighted by molar-refractivity contribution is 0.768. The summed E-state index contributed by atoms with van der Waals surface area (Å²) in [6.07, 6.45) is 0. The highest BCUT2D eigenvalue weighted by atomic mass is 35.5. The van der Waals surface area contributed by atoms with Crippen LogP contribution >= 0.6 is 23.2 Å². The number of aryl methyl sites for hydroxylation is 1. The van der Waals surface area contributed by atoms with E-state index < -0.39 is 0 Å². The maximum Gasteiger partial charge on any atom is 0.196 e. The van der Waals surface area contributed by atoms with Crippen LogP contribution < -0.4 is 10.6 Å². The van der Waals surface area contributed by atoms with Gasteiger partial charge in [0.15, 0.2) is 5.96 Å². The van der Waals surface area contributed by atoms with Crippen molar-refractivity contribution in [1.29, 1.82) is 0 Å². The molecule has 0 saturated heterocycles. The van der Waals surface area contributed by atoms with Crippen LogP contribution in [-0.2, 0) is 0 Å². The third-order valence-electron chi connectivity index (χ3n) is 3.59. The van der Waals surface area contributed by atoms with Crippen LogP contribution in [0.2, 0.25) is 10.0 Å². The van der Waals surface area contributed by atoms with Crippen molar-refractivity contribution >= 4 is 34.8 Å². The number of nitrogens with zero attached hydrogens (tertiary/aromatic N) is 2. The molecule has 1 atom stereocenters. The Morgan fingerprint density at radius 2 is 1.95 bits per heavy atom. The minimum Gasteiger partial charge on any atom is -0.369 e. The zero-order chi connectivity index (χ0) is 15.0. The minimum atomic E-state index is 0.0431. The fourth-order valence-corrected chi connectivity index (χ4v) is 2.87. The second kappa shape index (κ2) is 5.58. The summed E-state index contributed by atoms with van der Waals surface area (Å²) in [5.41, 5.74) is 9.34. The van der Waals surface area contributed by atoms with Crippen LogP contribution in [-0.4, -0.2) is 12.5 Å². The van der Waals surface area contributed by atoms with Crippen LogP contribution in [0.25, 0.3) is 0 Å². The normalized spacial score (nSPS) is 18.0. The average Bonchev–Trinajstić information content (AvgIpc) is 2.84. The highest BCUT2D eigenvalue weighted by Gasteiger charge is 2.29. The monoisotopic (exact) mass is 319 g/mol. The number of halogens is 2. The molecule has 2 aromatic rings. The third-order valence-corrected chi connectivity index (χ3v) is 4.33. The van der Waals surface area contributed by atoms with E-state index in [0.717, 1.165) is 11.3 Å². The van der Waals surface area contributed by atoms with Gasteiger partial charge < -0.3 is 10.6 Å². The number of benzene rings is 2. The number of hydrogen-bond acceptors (Lipinski definition) is 3. The van der Waals surface area contributed by atoms with Gasteiger partial charge in [0.1, 0.15) is 0 Å². The van der Waals surface area contributed by atoms with E-state index in [1.165, 1.54) is 5.56 Å². The lowest BCUT2D eigenvalue weighted by atomic mass is 10.1. The molecule has 0 fully saturated rings. The molecule has 108 valence electrons. The van der Waals surface area contributed by atoms with E-state index in [2.05, 4.69) is 24.0 Å². The molecule has 0 spiro atoms. The highest BCUT2D eigenvalue weighted by molar-refractivity contribution is 6.42. The summed E-state index contributed by atoms with van der Waals surface area (Å²) in [7, 11) is 0. The van der Waals surface area contributed by atoms with Gasteiger partial charge in [-0.15, -0.1) is 0 Å².